The van der Waals surface area contributed by atoms with Crippen molar-refractivity contribution in [3.8, 4) is 44.9 Å². The molecule has 0 radical (unpaired) electrons. The van der Waals surface area contributed by atoms with E-state index in [0.717, 1.165) is 95.3 Å². The Bertz CT molecular complexity index is 2560. The van der Waals surface area contributed by atoms with E-state index in [1.165, 1.54) is 0 Å². The second kappa shape index (κ2) is 11.8. The normalized spacial score (nSPS) is 12.0. The molecule has 0 fully saturated rings. The lowest BCUT2D eigenvalue weighted by Gasteiger charge is -2.08. The van der Waals surface area contributed by atoms with Gasteiger partial charge in [-0.15, -0.1) is 0 Å². The van der Waals surface area contributed by atoms with Gasteiger partial charge in [0.25, 0.3) is 0 Å². The van der Waals surface area contributed by atoms with E-state index in [1.54, 1.807) is 0 Å². The largest absolute Gasteiger partial charge is 0.354 e. The number of H-pyrrole nitrogens is 2. The standard InChI is InChI=1S/C42H29N7/c1-26-10-2-3-11-27(26)39-31-15-17-33(46-31)40(28-12-4-7-23-43-28)35-19-21-37(48-35)42(30-14-6-9-25-45-30)38-22-20-36(49-38)41(29-13-5-8-24-44-29)34-18-16-32(39)47-34/h2-25,46,49H,1H3. The number of benzene rings is 1. The lowest BCUT2D eigenvalue weighted by Crippen LogP contribution is -1.92. The molecule has 7 nitrogen and oxygen atoms in total. The molecule has 0 amide bonds. The molecule has 7 aromatic rings. The van der Waals surface area contributed by atoms with Gasteiger partial charge in [0.05, 0.1) is 56.4 Å². The van der Waals surface area contributed by atoms with E-state index in [2.05, 4.69) is 89.7 Å². The van der Waals surface area contributed by atoms with E-state index in [0.29, 0.717) is 0 Å². The van der Waals surface area contributed by atoms with Gasteiger partial charge in [0, 0.05) is 46.4 Å². The maximum absolute atomic E-state index is 5.32. The lowest BCUT2D eigenvalue weighted by atomic mass is 9.99. The Labute approximate surface area is 282 Å². The monoisotopic (exact) mass is 631 g/mol. The molecule has 7 heteroatoms. The molecule has 8 bridgehead atoms. The Balaban J connectivity index is 1.49. The highest BCUT2D eigenvalue weighted by atomic mass is 14.8. The molecule has 0 saturated carbocycles. The Morgan fingerprint density at radius 3 is 1.14 bits per heavy atom. The zero-order chi connectivity index (χ0) is 32.7. The van der Waals surface area contributed by atoms with Gasteiger partial charge in [0.1, 0.15) is 0 Å². The van der Waals surface area contributed by atoms with Crippen LogP contribution >= 0.6 is 0 Å². The van der Waals surface area contributed by atoms with Crippen LogP contribution < -0.4 is 0 Å². The number of rotatable bonds is 4. The highest BCUT2D eigenvalue weighted by molar-refractivity contribution is 5.99. The van der Waals surface area contributed by atoms with E-state index < -0.39 is 0 Å². The van der Waals surface area contributed by atoms with E-state index in [1.807, 2.05) is 73.2 Å². The maximum atomic E-state index is 5.32. The van der Waals surface area contributed by atoms with Crippen LogP contribution in [0, 0.1) is 6.92 Å². The van der Waals surface area contributed by atoms with Gasteiger partial charge in [-0.25, -0.2) is 9.97 Å². The van der Waals surface area contributed by atoms with E-state index in [4.69, 9.17) is 24.9 Å². The fourth-order valence-electron chi connectivity index (χ4n) is 6.68. The third-order valence-electron chi connectivity index (χ3n) is 8.93. The van der Waals surface area contributed by atoms with Crippen LogP contribution in [0.25, 0.3) is 91.3 Å². The molecule has 0 aliphatic carbocycles. The second-order valence-corrected chi connectivity index (χ2v) is 12.0. The van der Waals surface area contributed by atoms with Crippen LogP contribution in [0.4, 0.5) is 0 Å². The Hall–Kier alpha value is -6.73. The number of hydrogen-bond acceptors (Lipinski definition) is 5. The van der Waals surface area contributed by atoms with Crippen LogP contribution in [0.15, 0.2) is 122 Å². The topological polar surface area (TPSA) is 96.0 Å². The van der Waals surface area contributed by atoms with Crippen molar-refractivity contribution in [2.75, 3.05) is 0 Å². The van der Waals surface area contributed by atoms with Gasteiger partial charge in [-0.1, -0.05) is 42.5 Å². The summed E-state index contributed by atoms with van der Waals surface area (Å²) in [6.07, 6.45) is 13.7. The summed E-state index contributed by atoms with van der Waals surface area (Å²) in [6.45, 7) is 2.14. The number of aryl methyl sites for hydroxylation is 1. The molecular formula is C42H29N7. The van der Waals surface area contributed by atoms with Crippen LogP contribution in [0.5, 0.6) is 0 Å². The number of aromatic nitrogens is 7. The predicted molar refractivity (Wildman–Crippen MR) is 199 cm³/mol. The molecule has 232 valence electrons. The van der Waals surface area contributed by atoms with Crippen LogP contribution in [0.1, 0.15) is 28.3 Å². The van der Waals surface area contributed by atoms with Gasteiger partial charge in [-0.05, 0) is 103 Å². The molecule has 6 aromatic heterocycles. The molecule has 0 unspecified atom stereocenters. The van der Waals surface area contributed by atoms with Gasteiger partial charge in [-0.3, -0.25) is 15.0 Å². The first-order valence-electron chi connectivity index (χ1n) is 16.2. The zero-order valence-corrected chi connectivity index (χ0v) is 26.6. The molecule has 2 aliphatic heterocycles. The molecule has 2 aliphatic rings. The van der Waals surface area contributed by atoms with Gasteiger partial charge >= 0.3 is 0 Å². The predicted octanol–water partition coefficient (Wildman–Crippen LogP) is 9.82. The zero-order valence-electron chi connectivity index (χ0n) is 26.6. The summed E-state index contributed by atoms with van der Waals surface area (Å²) >= 11 is 0. The number of pyridine rings is 3. The molecule has 2 N–H and O–H groups in total. The quantitative estimate of drug-likeness (QED) is 0.202. The number of aromatic amines is 2. The van der Waals surface area contributed by atoms with Crippen LogP contribution in [0.2, 0.25) is 0 Å². The number of hydrogen-bond donors (Lipinski definition) is 2. The summed E-state index contributed by atoms with van der Waals surface area (Å²) in [5, 5.41) is 0. The van der Waals surface area contributed by atoms with Crippen molar-refractivity contribution in [2.45, 2.75) is 6.92 Å². The van der Waals surface area contributed by atoms with Gasteiger partial charge in [0.15, 0.2) is 0 Å². The summed E-state index contributed by atoms with van der Waals surface area (Å²) in [6, 6.07) is 34.7. The average molecular weight is 632 g/mol. The fourth-order valence-corrected chi connectivity index (χ4v) is 6.68. The highest BCUT2D eigenvalue weighted by Gasteiger charge is 2.20. The smallest absolute Gasteiger partial charge is 0.0753 e. The van der Waals surface area contributed by atoms with E-state index in [-0.39, 0.29) is 0 Å². The third-order valence-corrected chi connectivity index (χ3v) is 8.93. The Morgan fingerprint density at radius 2 is 0.755 bits per heavy atom. The first-order valence-corrected chi connectivity index (χ1v) is 16.2. The van der Waals surface area contributed by atoms with E-state index in [9.17, 15) is 0 Å². The first-order chi connectivity index (χ1) is 24.2. The Kier molecular flexibility index (Phi) is 6.87. The second-order valence-electron chi connectivity index (χ2n) is 12.0. The molecule has 0 saturated heterocycles. The van der Waals surface area contributed by atoms with Gasteiger partial charge in [-0.2, -0.15) is 0 Å². The van der Waals surface area contributed by atoms with Gasteiger partial charge < -0.3 is 9.97 Å². The van der Waals surface area contributed by atoms with Gasteiger partial charge in [0.2, 0.25) is 0 Å². The summed E-state index contributed by atoms with van der Waals surface area (Å²) < 4.78 is 0. The maximum Gasteiger partial charge on any atom is 0.0753 e. The minimum atomic E-state index is 0.801. The molecule has 49 heavy (non-hydrogen) atoms. The molecule has 8 heterocycles. The number of nitrogens with zero attached hydrogens (tertiary/aromatic N) is 5. The molecule has 0 atom stereocenters. The van der Waals surface area contributed by atoms with Crippen molar-refractivity contribution in [1.29, 1.82) is 0 Å². The SMILES string of the molecule is Cc1ccccc1-c1c2nc(c(-c3ccccn3)c3ccc([nH]3)c(-c3ccccn3)c3nc(c(-c4ccccn4)c4ccc1[nH]4)C=C3)C=C2. The summed E-state index contributed by atoms with van der Waals surface area (Å²) in [5.41, 5.74) is 15.4. The van der Waals surface area contributed by atoms with Crippen molar-refractivity contribution in [3.05, 3.63) is 150 Å². The van der Waals surface area contributed by atoms with Crippen LogP contribution in [0.3, 0.4) is 0 Å². The molecule has 1 aromatic carbocycles. The van der Waals surface area contributed by atoms with Crippen molar-refractivity contribution >= 4 is 46.4 Å². The van der Waals surface area contributed by atoms with Crippen molar-refractivity contribution < 1.29 is 0 Å². The van der Waals surface area contributed by atoms with Crippen LogP contribution in [-0.2, 0) is 0 Å². The number of fused-ring (bicyclic) bond motifs is 8. The molecule has 9 rings (SSSR count). The first kappa shape index (κ1) is 28.5. The summed E-state index contributed by atoms with van der Waals surface area (Å²) in [7, 11) is 0. The average Bonchev–Trinajstić information content (AvgIpc) is 3.98. The van der Waals surface area contributed by atoms with Crippen LogP contribution in [-0.4, -0.2) is 34.9 Å². The highest BCUT2D eigenvalue weighted by Crippen LogP contribution is 2.38. The van der Waals surface area contributed by atoms with Crippen molar-refractivity contribution in [2.24, 2.45) is 0 Å². The molecular weight excluding hydrogens is 603 g/mol. The fraction of sp³-hybridized carbons (Fsp3) is 0.0238. The third kappa shape index (κ3) is 5.05. The summed E-state index contributed by atoms with van der Waals surface area (Å²) in [5.74, 6) is 0. The van der Waals surface area contributed by atoms with Crippen molar-refractivity contribution in [3.63, 3.8) is 0 Å². The molecule has 0 spiro atoms. The summed E-state index contributed by atoms with van der Waals surface area (Å²) in [4.78, 5) is 32.4. The van der Waals surface area contributed by atoms with E-state index >= 15 is 0 Å². The minimum absolute atomic E-state index is 0.801. The lowest BCUT2D eigenvalue weighted by molar-refractivity contribution is 1.26. The Morgan fingerprint density at radius 1 is 0.388 bits per heavy atom. The minimum Gasteiger partial charge on any atom is -0.354 e. The van der Waals surface area contributed by atoms with Crippen molar-refractivity contribution in [1.82, 2.24) is 34.9 Å². The number of nitrogens with one attached hydrogen (secondary N) is 2.